The summed E-state index contributed by atoms with van der Waals surface area (Å²) in [6.45, 7) is 4.38. The van der Waals surface area contributed by atoms with Crippen LogP contribution in [0.2, 0.25) is 0 Å². The molecule has 3 fully saturated rings. The van der Waals surface area contributed by atoms with E-state index < -0.39 is 27.5 Å². The van der Waals surface area contributed by atoms with Gasteiger partial charge in [-0.05, 0) is 40.7 Å². The number of carbonyl (C=O) groups excluding carboxylic acids is 1. The summed E-state index contributed by atoms with van der Waals surface area (Å²) < 4.78 is 29.9. The first-order chi connectivity index (χ1) is 14.6. The first-order valence-corrected chi connectivity index (χ1v) is 12.7. The lowest BCUT2D eigenvalue weighted by molar-refractivity contribution is -0.137. The number of rotatable bonds is 7. The van der Waals surface area contributed by atoms with Crippen LogP contribution in [0.3, 0.4) is 0 Å². The molecular weight excluding hydrogens is 408 g/mol. The third-order valence-electron chi connectivity index (χ3n) is 8.70. The second kappa shape index (κ2) is 6.74. The van der Waals surface area contributed by atoms with Gasteiger partial charge < -0.3 is 5.73 Å². The lowest BCUT2D eigenvalue weighted by atomic mass is 9.55. The minimum atomic E-state index is -3.75. The van der Waals surface area contributed by atoms with Gasteiger partial charge in [0.1, 0.15) is 5.78 Å². The maximum absolute atomic E-state index is 13.5. The molecule has 31 heavy (non-hydrogen) atoms. The molecular formula is C25H30N2O3S. The number of nitrogens with two attached hydrogens (primary N) is 1. The van der Waals surface area contributed by atoms with Crippen LogP contribution in [0.25, 0.3) is 0 Å². The zero-order valence-electron chi connectivity index (χ0n) is 18.0. The third kappa shape index (κ3) is 2.81. The Morgan fingerprint density at radius 2 is 1.58 bits per heavy atom. The van der Waals surface area contributed by atoms with Crippen LogP contribution in [0.15, 0.2) is 60.7 Å². The monoisotopic (exact) mass is 438 g/mol. The van der Waals surface area contributed by atoms with E-state index in [-0.39, 0.29) is 22.4 Å². The summed E-state index contributed by atoms with van der Waals surface area (Å²) >= 11 is 0. The van der Waals surface area contributed by atoms with Crippen LogP contribution in [0.1, 0.15) is 56.3 Å². The van der Waals surface area contributed by atoms with Crippen molar-refractivity contribution in [1.82, 2.24) is 4.72 Å². The minimum absolute atomic E-state index is 0.0496. The number of nitrogens with one attached hydrogen (secondary N) is 1. The van der Waals surface area contributed by atoms with E-state index in [1.165, 1.54) is 0 Å². The molecule has 164 valence electrons. The third-order valence-corrected chi connectivity index (χ3v) is 10.2. The maximum atomic E-state index is 13.5. The molecule has 1 spiro atoms. The van der Waals surface area contributed by atoms with Gasteiger partial charge in [0.05, 0.1) is 23.3 Å². The van der Waals surface area contributed by atoms with Crippen LogP contribution in [0.4, 0.5) is 0 Å². The highest BCUT2D eigenvalue weighted by atomic mass is 32.2. The molecule has 5 rings (SSSR count). The lowest BCUT2D eigenvalue weighted by Crippen LogP contribution is -2.54. The van der Waals surface area contributed by atoms with Gasteiger partial charge in [-0.15, -0.1) is 0 Å². The molecule has 2 aromatic rings. The summed E-state index contributed by atoms with van der Waals surface area (Å²) in [4.78, 5) is 13.0. The van der Waals surface area contributed by atoms with E-state index >= 15 is 0 Å². The highest BCUT2D eigenvalue weighted by Crippen LogP contribution is 2.89. The quantitative estimate of drug-likeness (QED) is 0.689. The Balaban J connectivity index is 1.45. The highest BCUT2D eigenvalue weighted by Gasteiger charge is 2.88. The maximum Gasteiger partial charge on any atom is 0.213 e. The van der Waals surface area contributed by atoms with Gasteiger partial charge in [0.15, 0.2) is 0 Å². The summed E-state index contributed by atoms with van der Waals surface area (Å²) in [5, 5.41) is 0. The molecule has 0 heterocycles. The Labute approximate surface area is 184 Å². The molecule has 0 radical (unpaired) electrons. The van der Waals surface area contributed by atoms with Crippen molar-refractivity contribution < 1.29 is 13.2 Å². The first kappa shape index (κ1) is 20.9. The van der Waals surface area contributed by atoms with Crippen molar-refractivity contribution in [2.75, 3.05) is 5.75 Å². The molecule has 0 saturated heterocycles. The molecule has 3 saturated carbocycles. The Hall–Kier alpha value is -2.02. The van der Waals surface area contributed by atoms with Gasteiger partial charge in [0.2, 0.25) is 10.0 Å². The van der Waals surface area contributed by atoms with Gasteiger partial charge in [-0.25, -0.2) is 13.1 Å². The molecule has 2 aromatic carbocycles. The predicted molar refractivity (Wildman–Crippen MR) is 120 cm³/mol. The molecule has 0 amide bonds. The number of ketones is 1. The molecule has 3 aliphatic rings. The van der Waals surface area contributed by atoms with E-state index in [2.05, 4.69) is 18.6 Å². The topological polar surface area (TPSA) is 89.3 Å². The zero-order valence-corrected chi connectivity index (χ0v) is 18.9. The Bertz CT molecular complexity index is 1120. The average molecular weight is 439 g/mol. The number of benzene rings is 2. The largest absolute Gasteiger partial charge is 0.322 e. The highest BCUT2D eigenvalue weighted by molar-refractivity contribution is 7.89. The summed E-state index contributed by atoms with van der Waals surface area (Å²) in [6.07, 6.45) is 2.15. The fourth-order valence-electron chi connectivity index (χ4n) is 7.02. The van der Waals surface area contributed by atoms with E-state index in [0.29, 0.717) is 18.8 Å². The van der Waals surface area contributed by atoms with Crippen molar-refractivity contribution in [2.24, 2.45) is 27.9 Å². The van der Waals surface area contributed by atoms with Crippen molar-refractivity contribution in [2.45, 2.75) is 45.2 Å². The van der Waals surface area contributed by atoms with E-state index in [1.807, 2.05) is 60.7 Å². The first-order valence-electron chi connectivity index (χ1n) is 11.0. The van der Waals surface area contributed by atoms with Crippen molar-refractivity contribution >= 4 is 15.8 Å². The van der Waals surface area contributed by atoms with Gasteiger partial charge >= 0.3 is 0 Å². The molecule has 3 N–H and O–H groups in total. The SMILES string of the molecule is CC1(C)C2CC(=O)C3(CS(=O)(=O)NC(c4ccccc4)C(N)c4ccccc4)CCC231. The Kier molecular flexibility index (Phi) is 4.53. The van der Waals surface area contributed by atoms with Gasteiger partial charge in [-0.2, -0.15) is 0 Å². The Morgan fingerprint density at radius 3 is 2.13 bits per heavy atom. The smallest absolute Gasteiger partial charge is 0.213 e. The van der Waals surface area contributed by atoms with Crippen LogP contribution < -0.4 is 10.5 Å². The summed E-state index contributed by atoms with van der Waals surface area (Å²) in [5.41, 5.74) is 7.43. The minimum Gasteiger partial charge on any atom is -0.322 e. The van der Waals surface area contributed by atoms with E-state index in [9.17, 15) is 13.2 Å². The van der Waals surface area contributed by atoms with Crippen LogP contribution in [0.5, 0.6) is 0 Å². The summed E-state index contributed by atoms with van der Waals surface area (Å²) in [6, 6.07) is 17.8. The van der Waals surface area contributed by atoms with Gasteiger partial charge in [-0.1, -0.05) is 74.5 Å². The molecule has 5 atom stereocenters. The van der Waals surface area contributed by atoms with Crippen LogP contribution in [0, 0.1) is 22.2 Å². The second-order valence-electron chi connectivity index (χ2n) is 10.2. The van der Waals surface area contributed by atoms with E-state index in [1.54, 1.807) is 0 Å². The van der Waals surface area contributed by atoms with Gasteiger partial charge in [0.25, 0.3) is 0 Å². The number of hydrogen-bond donors (Lipinski definition) is 2. The average Bonchev–Trinajstić information content (AvgIpc) is 3.20. The van der Waals surface area contributed by atoms with Crippen LogP contribution in [-0.4, -0.2) is 20.0 Å². The molecule has 0 bridgehead atoms. The molecule has 5 unspecified atom stereocenters. The van der Waals surface area contributed by atoms with E-state index in [0.717, 1.165) is 17.5 Å². The van der Waals surface area contributed by atoms with Crippen molar-refractivity contribution in [3.8, 4) is 0 Å². The normalized spacial score (nSPS) is 32.5. The van der Waals surface area contributed by atoms with Crippen molar-refractivity contribution in [3.63, 3.8) is 0 Å². The Morgan fingerprint density at radius 1 is 1.00 bits per heavy atom. The van der Waals surface area contributed by atoms with Crippen molar-refractivity contribution in [3.05, 3.63) is 71.8 Å². The van der Waals surface area contributed by atoms with Gasteiger partial charge in [-0.3, -0.25) is 4.79 Å². The van der Waals surface area contributed by atoms with E-state index in [4.69, 9.17) is 5.73 Å². The molecule has 0 aromatic heterocycles. The fraction of sp³-hybridized carbons (Fsp3) is 0.480. The number of Topliss-reactive ketones (excluding diaryl/α,β-unsaturated/α-hetero) is 1. The van der Waals surface area contributed by atoms with Crippen LogP contribution >= 0.6 is 0 Å². The molecule has 0 aliphatic heterocycles. The molecule has 5 nitrogen and oxygen atoms in total. The molecule has 3 aliphatic carbocycles. The van der Waals surface area contributed by atoms with Crippen molar-refractivity contribution in [1.29, 1.82) is 0 Å². The second-order valence-corrected chi connectivity index (χ2v) is 11.9. The zero-order chi connectivity index (χ0) is 22.1. The van der Waals surface area contributed by atoms with Crippen LogP contribution in [-0.2, 0) is 14.8 Å². The fourth-order valence-corrected chi connectivity index (χ4v) is 8.99. The number of hydrogen-bond acceptors (Lipinski definition) is 4. The standard InChI is InChI=1S/C25H30N2O3S/c1-23(2)19-15-20(28)24(13-14-25(19,23)24)16-31(29,30)27-22(18-11-7-4-8-12-18)21(26)17-9-5-3-6-10-17/h3-12,19,21-22,27H,13-16,26H2,1-2H3. The summed E-state index contributed by atoms with van der Waals surface area (Å²) in [7, 11) is -3.75. The summed E-state index contributed by atoms with van der Waals surface area (Å²) in [5.74, 6) is 0.328. The van der Waals surface area contributed by atoms with Gasteiger partial charge in [0, 0.05) is 6.42 Å². The predicted octanol–water partition coefficient (Wildman–Crippen LogP) is 3.74. The lowest BCUT2D eigenvalue weighted by Gasteiger charge is -2.49. The molecule has 6 heteroatoms. The number of sulfonamides is 1. The number of carbonyl (C=O) groups is 1.